The average molecular weight is 454 g/mol. The molecular weight excluding hydrogens is 424 g/mol. The number of ether oxygens (including phenoxy) is 1. The van der Waals surface area contributed by atoms with Gasteiger partial charge in [-0.15, -0.1) is 0 Å². The van der Waals surface area contributed by atoms with Crippen LogP contribution in [0.4, 0.5) is 5.69 Å². The van der Waals surface area contributed by atoms with E-state index in [1.165, 1.54) is 12.1 Å². The SMILES string of the molecule is CC1=C(C(=O)OC2CCCCC2)C(c2ccc([O-])c([N+](=O)[O-])c2)C2=C(CC(C)(C)CC2=O)N1. The monoisotopic (exact) mass is 453 g/mol. The maximum atomic E-state index is 13.4. The third-order valence-corrected chi connectivity index (χ3v) is 6.80. The maximum absolute atomic E-state index is 13.4. The highest BCUT2D eigenvalue weighted by molar-refractivity contribution is 6.04. The molecule has 0 saturated heterocycles. The normalized spacial score (nSPS) is 23.1. The van der Waals surface area contributed by atoms with E-state index >= 15 is 0 Å². The van der Waals surface area contributed by atoms with Crippen molar-refractivity contribution in [3.63, 3.8) is 0 Å². The van der Waals surface area contributed by atoms with Crippen molar-refractivity contribution < 1.29 is 24.4 Å². The van der Waals surface area contributed by atoms with Gasteiger partial charge in [0.1, 0.15) is 6.10 Å². The zero-order valence-corrected chi connectivity index (χ0v) is 19.2. The lowest BCUT2D eigenvalue weighted by atomic mass is 9.68. The molecule has 4 rings (SSSR count). The van der Waals surface area contributed by atoms with E-state index in [0.717, 1.165) is 43.9 Å². The molecule has 2 aliphatic carbocycles. The number of nitrogens with zero attached hydrogens (tertiary/aromatic N) is 1. The Bertz CT molecular complexity index is 1080. The molecule has 1 atom stereocenters. The topological polar surface area (TPSA) is 122 Å². The largest absolute Gasteiger partial charge is 0.868 e. The number of carbonyl (C=O) groups is 2. The van der Waals surface area contributed by atoms with Crippen molar-refractivity contribution in [2.45, 2.75) is 77.7 Å². The van der Waals surface area contributed by atoms with Crippen molar-refractivity contribution in [3.05, 3.63) is 56.4 Å². The van der Waals surface area contributed by atoms with Crippen LogP contribution in [0.1, 0.15) is 77.2 Å². The Labute approximate surface area is 192 Å². The van der Waals surface area contributed by atoms with Gasteiger partial charge in [0.2, 0.25) is 0 Å². The molecule has 8 heteroatoms. The number of hydrogen-bond donors (Lipinski definition) is 1. The fraction of sp³-hybridized carbons (Fsp3) is 0.520. The third-order valence-electron chi connectivity index (χ3n) is 6.80. The fourth-order valence-corrected chi connectivity index (χ4v) is 5.29. The first-order valence-electron chi connectivity index (χ1n) is 11.5. The highest BCUT2D eigenvalue weighted by Gasteiger charge is 2.43. The lowest BCUT2D eigenvalue weighted by Crippen LogP contribution is -2.39. The summed E-state index contributed by atoms with van der Waals surface area (Å²) in [5.74, 6) is -2.16. The lowest BCUT2D eigenvalue weighted by Gasteiger charge is -2.39. The van der Waals surface area contributed by atoms with Gasteiger partial charge in [0, 0.05) is 35.4 Å². The molecule has 33 heavy (non-hydrogen) atoms. The van der Waals surface area contributed by atoms with E-state index in [9.17, 15) is 24.8 Å². The lowest BCUT2D eigenvalue weighted by molar-refractivity contribution is -0.398. The van der Waals surface area contributed by atoms with Gasteiger partial charge < -0.3 is 15.2 Å². The Morgan fingerprint density at radius 3 is 2.55 bits per heavy atom. The number of carbonyl (C=O) groups excluding carboxylic acids is 2. The minimum atomic E-state index is -0.819. The molecule has 8 nitrogen and oxygen atoms in total. The molecule has 1 aromatic rings. The van der Waals surface area contributed by atoms with E-state index in [0.29, 0.717) is 29.7 Å². The molecule has 0 radical (unpaired) electrons. The van der Waals surface area contributed by atoms with Crippen LogP contribution in [0.3, 0.4) is 0 Å². The number of ketones is 1. The first kappa shape index (κ1) is 23.0. The van der Waals surface area contributed by atoms with E-state index in [1.54, 1.807) is 6.92 Å². The molecule has 3 aliphatic rings. The predicted molar refractivity (Wildman–Crippen MR) is 119 cm³/mol. The van der Waals surface area contributed by atoms with Crippen LogP contribution in [0.15, 0.2) is 40.7 Å². The first-order chi connectivity index (χ1) is 15.6. The number of esters is 1. The maximum Gasteiger partial charge on any atom is 0.337 e. The first-order valence-corrected chi connectivity index (χ1v) is 11.5. The van der Waals surface area contributed by atoms with Gasteiger partial charge in [0.05, 0.1) is 10.5 Å². The Morgan fingerprint density at radius 1 is 1.18 bits per heavy atom. The number of rotatable bonds is 4. The molecule has 1 unspecified atom stereocenters. The number of benzene rings is 1. The van der Waals surface area contributed by atoms with Crippen LogP contribution in [0.2, 0.25) is 0 Å². The Balaban J connectivity index is 1.81. The van der Waals surface area contributed by atoms with Crippen molar-refractivity contribution in [1.29, 1.82) is 0 Å². The van der Waals surface area contributed by atoms with E-state index < -0.39 is 28.2 Å². The van der Waals surface area contributed by atoms with Crippen LogP contribution in [-0.2, 0) is 14.3 Å². The quantitative estimate of drug-likeness (QED) is 0.413. The van der Waals surface area contributed by atoms with Gasteiger partial charge in [-0.05, 0) is 55.8 Å². The standard InChI is InChI=1S/C25H30N2O6/c1-14-21(24(30)33-16-7-5-4-6-8-16)22(15-9-10-19(28)18(11-15)27(31)32)23-17(26-14)12-25(2,3)13-20(23)29/h9-11,16,22,26,28H,4-8,12-13H2,1-3H3/p-1. The molecule has 1 aliphatic heterocycles. The highest BCUT2D eigenvalue weighted by atomic mass is 16.6. The van der Waals surface area contributed by atoms with E-state index in [1.807, 2.05) is 13.8 Å². The van der Waals surface area contributed by atoms with Crippen LogP contribution < -0.4 is 10.4 Å². The number of nitrogens with one attached hydrogen (secondary N) is 1. The number of nitro groups is 1. The zero-order chi connectivity index (χ0) is 23.9. The van der Waals surface area contributed by atoms with Crippen molar-refractivity contribution in [3.8, 4) is 5.75 Å². The van der Waals surface area contributed by atoms with Crippen LogP contribution in [0, 0.1) is 15.5 Å². The Kier molecular flexibility index (Phi) is 6.03. The molecular formula is C25H29N2O6-. The summed E-state index contributed by atoms with van der Waals surface area (Å²) < 4.78 is 5.84. The molecule has 1 saturated carbocycles. The molecule has 0 aromatic heterocycles. The van der Waals surface area contributed by atoms with Crippen molar-refractivity contribution in [1.82, 2.24) is 5.32 Å². The minimum Gasteiger partial charge on any atom is -0.868 e. The van der Waals surface area contributed by atoms with Gasteiger partial charge in [0.25, 0.3) is 5.69 Å². The van der Waals surface area contributed by atoms with Crippen LogP contribution >= 0.6 is 0 Å². The number of nitro benzene ring substituents is 1. The van der Waals surface area contributed by atoms with Crippen LogP contribution in [-0.4, -0.2) is 22.8 Å². The molecule has 0 amide bonds. The molecule has 1 fully saturated rings. The summed E-state index contributed by atoms with van der Waals surface area (Å²) in [6, 6.07) is 3.80. The van der Waals surface area contributed by atoms with Crippen molar-refractivity contribution in [2.24, 2.45) is 5.41 Å². The van der Waals surface area contributed by atoms with Gasteiger partial charge in [0.15, 0.2) is 5.78 Å². The predicted octanol–water partition coefficient (Wildman–Crippen LogP) is 4.15. The highest BCUT2D eigenvalue weighted by Crippen LogP contribution is 2.47. The number of Topliss-reactive ketones (excluding diaryl/α,β-unsaturated/α-hetero) is 1. The summed E-state index contributed by atoms with van der Waals surface area (Å²) in [4.78, 5) is 37.4. The summed E-state index contributed by atoms with van der Waals surface area (Å²) in [5, 5.41) is 26.7. The van der Waals surface area contributed by atoms with Crippen molar-refractivity contribution in [2.75, 3.05) is 0 Å². The molecule has 0 spiro atoms. The Hall–Kier alpha value is -3.16. The summed E-state index contributed by atoms with van der Waals surface area (Å²) >= 11 is 0. The van der Waals surface area contributed by atoms with Crippen LogP contribution in [0.25, 0.3) is 0 Å². The number of allylic oxidation sites excluding steroid dienone is 3. The Morgan fingerprint density at radius 2 is 1.88 bits per heavy atom. The average Bonchev–Trinajstić information content (AvgIpc) is 2.72. The van der Waals surface area contributed by atoms with E-state index in [-0.39, 0.29) is 22.9 Å². The second-order valence-electron chi connectivity index (χ2n) is 10.1. The summed E-state index contributed by atoms with van der Waals surface area (Å²) in [6.07, 6.45) is 5.44. The zero-order valence-electron chi connectivity index (χ0n) is 19.2. The minimum absolute atomic E-state index is 0.108. The fourth-order valence-electron chi connectivity index (χ4n) is 5.29. The van der Waals surface area contributed by atoms with Gasteiger partial charge in [-0.2, -0.15) is 0 Å². The van der Waals surface area contributed by atoms with Gasteiger partial charge in [-0.1, -0.05) is 32.4 Å². The van der Waals surface area contributed by atoms with E-state index in [2.05, 4.69) is 5.32 Å². The molecule has 1 N–H and O–H groups in total. The third kappa shape index (κ3) is 4.51. The molecule has 176 valence electrons. The summed E-state index contributed by atoms with van der Waals surface area (Å²) in [7, 11) is 0. The van der Waals surface area contributed by atoms with Gasteiger partial charge in [-0.25, -0.2) is 4.79 Å². The molecule has 0 bridgehead atoms. The summed E-state index contributed by atoms with van der Waals surface area (Å²) in [5.41, 5.74) is 1.55. The number of hydrogen-bond acceptors (Lipinski definition) is 7. The van der Waals surface area contributed by atoms with E-state index in [4.69, 9.17) is 4.74 Å². The van der Waals surface area contributed by atoms with Crippen molar-refractivity contribution >= 4 is 17.4 Å². The van der Waals surface area contributed by atoms with Gasteiger partial charge in [-0.3, -0.25) is 14.9 Å². The second-order valence-corrected chi connectivity index (χ2v) is 10.1. The van der Waals surface area contributed by atoms with Gasteiger partial charge >= 0.3 is 5.97 Å². The molecule has 1 heterocycles. The summed E-state index contributed by atoms with van der Waals surface area (Å²) in [6.45, 7) is 5.78. The second kappa shape index (κ2) is 8.65. The number of dihydropyridines is 1. The molecule has 1 aromatic carbocycles. The van der Waals surface area contributed by atoms with Crippen LogP contribution in [0.5, 0.6) is 5.75 Å². The smallest absolute Gasteiger partial charge is 0.337 e.